The topological polar surface area (TPSA) is 4.93 Å². The van der Waals surface area contributed by atoms with Gasteiger partial charge in [0.1, 0.15) is 0 Å². The maximum absolute atomic E-state index is 3.53. The van der Waals surface area contributed by atoms with E-state index in [9.17, 15) is 0 Å². The van der Waals surface area contributed by atoms with Crippen LogP contribution in [0.1, 0.15) is 49.3 Å². The van der Waals surface area contributed by atoms with Crippen LogP contribution in [0.2, 0.25) is 0 Å². The van der Waals surface area contributed by atoms with Gasteiger partial charge in [0.2, 0.25) is 0 Å². The summed E-state index contributed by atoms with van der Waals surface area (Å²) in [7, 11) is 0. The summed E-state index contributed by atoms with van der Waals surface area (Å²) in [5, 5.41) is 0. The zero-order valence-electron chi connectivity index (χ0n) is 14.7. The first-order valence-corrected chi connectivity index (χ1v) is 10.1. The average molecular weight is 394 g/mol. The van der Waals surface area contributed by atoms with Crippen LogP contribution in [-0.2, 0) is 0 Å². The lowest BCUT2D eigenvalue weighted by Gasteiger charge is -2.22. The summed E-state index contributed by atoms with van der Waals surface area (Å²) in [5.74, 6) is 0.766. The predicted molar refractivity (Wildman–Crippen MR) is 109 cm³/mol. The van der Waals surface area contributed by atoms with Gasteiger partial charge in [-0.15, -0.1) is 0 Å². The maximum atomic E-state index is 3.53. The SMILES string of the molecule is Cc1ccc(-c2ccc(C3CCCCC3)cc2)n1-c1ccc(Br)cc1. The molecular formula is C23H24BrN. The van der Waals surface area contributed by atoms with Crippen molar-refractivity contribution in [3.63, 3.8) is 0 Å². The maximum Gasteiger partial charge on any atom is 0.0531 e. The first kappa shape index (κ1) is 16.7. The number of benzene rings is 2. The van der Waals surface area contributed by atoms with Crippen LogP contribution in [0.4, 0.5) is 0 Å². The Morgan fingerprint density at radius 1 is 0.800 bits per heavy atom. The van der Waals surface area contributed by atoms with Crippen molar-refractivity contribution >= 4 is 15.9 Å². The second-order valence-electron chi connectivity index (χ2n) is 7.13. The Labute approximate surface area is 158 Å². The van der Waals surface area contributed by atoms with E-state index in [-0.39, 0.29) is 0 Å². The van der Waals surface area contributed by atoms with Gasteiger partial charge >= 0.3 is 0 Å². The number of aryl methyl sites for hydroxylation is 1. The van der Waals surface area contributed by atoms with E-state index >= 15 is 0 Å². The van der Waals surface area contributed by atoms with Crippen molar-refractivity contribution in [3.05, 3.63) is 76.4 Å². The minimum atomic E-state index is 0.766. The molecule has 0 saturated heterocycles. The standard InChI is InChI=1S/C23H24BrN/c1-17-7-16-23(25(17)22-14-12-21(24)13-15-22)20-10-8-19(9-11-20)18-5-3-2-4-6-18/h7-16,18H,2-6H2,1H3. The van der Waals surface area contributed by atoms with Gasteiger partial charge in [0, 0.05) is 15.9 Å². The number of hydrogen-bond donors (Lipinski definition) is 0. The molecule has 1 nitrogen and oxygen atoms in total. The first-order chi connectivity index (χ1) is 12.2. The smallest absolute Gasteiger partial charge is 0.0531 e. The largest absolute Gasteiger partial charge is 0.314 e. The molecule has 0 spiro atoms. The molecule has 1 aromatic heterocycles. The molecule has 1 aliphatic carbocycles. The van der Waals surface area contributed by atoms with Gasteiger partial charge < -0.3 is 4.57 Å². The summed E-state index contributed by atoms with van der Waals surface area (Å²) >= 11 is 3.53. The molecule has 3 aromatic rings. The lowest BCUT2D eigenvalue weighted by atomic mass is 9.84. The van der Waals surface area contributed by atoms with E-state index < -0.39 is 0 Å². The Bertz CT molecular complexity index is 837. The Hall–Kier alpha value is -1.80. The van der Waals surface area contributed by atoms with Crippen LogP contribution >= 0.6 is 15.9 Å². The molecule has 0 bridgehead atoms. The predicted octanol–water partition coefficient (Wildman–Crippen LogP) is 7.26. The highest BCUT2D eigenvalue weighted by molar-refractivity contribution is 9.10. The van der Waals surface area contributed by atoms with Gasteiger partial charge in [0.05, 0.1) is 5.69 Å². The number of halogens is 1. The van der Waals surface area contributed by atoms with Crippen molar-refractivity contribution in [3.8, 4) is 16.9 Å². The third-order valence-electron chi connectivity index (χ3n) is 5.44. The summed E-state index contributed by atoms with van der Waals surface area (Å²) in [6.07, 6.45) is 6.89. The molecular weight excluding hydrogens is 370 g/mol. The van der Waals surface area contributed by atoms with Crippen molar-refractivity contribution in [2.45, 2.75) is 44.9 Å². The van der Waals surface area contributed by atoms with Gasteiger partial charge in [0.25, 0.3) is 0 Å². The highest BCUT2D eigenvalue weighted by atomic mass is 79.9. The fraction of sp³-hybridized carbons (Fsp3) is 0.304. The second kappa shape index (κ2) is 7.21. The van der Waals surface area contributed by atoms with Crippen molar-refractivity contribution in [1.82, 2.24) is 4.57 Å². The molecule has 0 amide bonds. The minimum Gasteiger partial charge on any atom is -0.314 e. The molecule has 1 heterocycles. The van der Waals surface area contributed by atoms with Crippen LogP contribution in [0.5, 0.6) is 0 Å². The minimum absolute atomic E-state index is 0.766. The van der Waals surface area contributed by atoms with Crippen LogP contribution in [0, 0.1) is 6.92 Å². The first-order valence-electron chi connectivity index (χ1n) is 9.27. The Balaban J connectivity index is 1.67. The highest BCUT2D eigenvalue weighted by Gasteiger charge is 2.16. The molecule has 2 aromatic carbocycles. The summed E-state index contributed by atoms with van der Waals surface area (Å²) in [4.78, 5) is 0. The van der Waals surface area contributed by atoms with Crippen molar-refractivity contribution in [1.29, 1.82) is 0 Å². The third-order valence-corrected chi connectivity index (χ3v) is 5.97. The average Bonchev–Trinajstić information content (AvgIpc) is 3.05. The lowest BCUT2D eigenvalue weighted by molar-refractivity contribution is 0.443. The molecule has 4 rings (SSSR count). The van der Waals surface area contributed by atoms with E-state index in [0.29, 0.717) is 0 Å². The molecule has 1 fully saturated rings. The quantitative estimate of drug-likeness (QED) is 0.440. The van der Waals surface area contributed by atoms with Gasteiger partial charge in [-0.3, -0.25) is 0 Å². The second-order valence-corrected chi connectivity index (χ2v) is 8.04. The number of nitrogens with zero attached hydrogens (tertiary/aromatic N) is 1. The van der Waals surface area contributed by atoms with E-state index in [2.05, 4.69) is 88.1 Å². The molecule has 128 valence electrons. The van der Waals surface area contributed by atoms with Crippen molar-refractivity contribution in [2.75, 3.05) is 0 Å². The van der Waals surface area contributed by atoms with E-state index in [1.54, 1.807) is 0 Å². The normalized spacial score (nSPS) is 15.4. The lowest BCUT2D eigenvalue weighted by Crippen LogP contribution is -2.04. The van der Waals surface area contributed by atoms with Gasteiger partial charge in [-0.25, -0.2) is 0 Å². The molecule has 0 aliphatic heterocycles. The van der Waals surface area contributed by atoms with Crippen LogP contribution in [0.25, 0.3) is 16.9 Å². The van der Waals surface area contributed by atoms with Crippen molar-refractivity contribution in [2.24, 2.45) is 0 Å². The van der Waals surface area contributed by atoms with Crippen LogP contribution < -0.4 is 0 Å². The number of aromatic nitrogens is 1. The molecule has 1 aliphatic rings. The van der Waals surface area contributed by atoms with E-state index in [0.717, 1.165) is 10.4 Å². The van der Waals surface area contributed by atoms with Gasteiger partial charge in [0.15, 0.2) is 0 Å². The molecule has 25 heavy (non-hydrogen) atoms. The van der Waals surface area contributed by atoms with Gasteiger partial charge in [-0.1, -0.05) is 59.5 Å². The number of hydrogen-bond acceptors (Lipinski definition) is 0. The Morgan fingerprint density at radius 2 is 1.48 bits per heavy atom. The highest BCUT2D eigenvalue weighted by Crippen LogP contribution is 2.34. The fourth-order valence-electron chi connectivity index (χ4n) is 4.06. The Morgan fingerprint density at radius 3 is 2.16 bits per heavy atom. The monoisotopic (exact) mass is 393 g/mol. The molecule has 0 unspecified atom stereocenters. The Kier molecular flexibility index (Phi) is 4.80. The van der Waals surface area contributed by atoms with E-state index in [1.165, 1.54) is 60.3 Å². The van der Waals surface area contributed by atoms with Crippen LogP contribution in [-0.4, -0.2) is 4.57 Å². The zero-order chi connectivity index (χ0) is 17.2. The fourth-order valence-corrected chi connectivity index (χ4v) is 4.32. The molecule has 0 radical (unpaired) electrons. The summed E-state index contributed by atoms with van der Waals surface area (Å²) in [6, 6.07) is 22.3. The summed E-state index contributed by atoms with van der Waals surface area (Å²) in [5.41, 5.74) is 6.53. The summed E-state index contributed by atoms with van der Waals surface area (Å²) < 4.78 is 3.45. The summed E-state index contributed by atoms with van der Waals surface area (Å²) in [6.45, 7) is 2.17. The zero-order valence-corrected chi connectivity index (χ0v) is 16.3. The van der Waals surface area contributed by atoms with E-state index in [1.807, 2.05) is 0 Å². The van der Waals surface area contributed by atoms with Crippen molar-refractivity contribution < 1.29 is 0 Å². The molecule has 2 heteroatoms. The van der Waals surface area contributed by atoms with Crippen LogP contribution in [0.15, 0.2) is 65.1 Å². The molecule has 0 N–H and O–H groups in total. The van der Waals surface area contributed by atoms with Crippen LogP contribution in [0.3, 0.4) is 0 Å². The van der Waals surface area contributed by atoms with E-state index in [4.69, 9.17) is 0 Å². The van der Waals surface area contributed by atoms with Gasteiger partial charge in [-0.05, 0) is 73.2 Å². The van der Waals surface area contributed by atoms with Gasteiger partial charge in [-0.2, -0.15) is 0 Å². The number of rotatable bonds is 3. The molecule has 1 saturated carbocycles. The molecule has 0 atom stereocenters. The third kappa shape index (κ3) is 3.46.